The number of esters is 1. The van der Waals surface area contributed by atoms with Crippen molar-refractivity contribution in [2.24, 2.45) is 0 Å². The van der Waals surface area contributed by atoms with E-state index in [0.29, 0.717) is 11.5 Å². The number of rotatable bonds is 4. The molecule has 0 aromatic heterocycles. The van der Waals surface area contributed by atoms with Crippen molar-refractivity contribution in [3.63, 3.8) is 0 Å². The summed E-state index contributed by atoms with van der Waals surface area (Å²) >= 11 is 3.32. The second-order valence-corrected chi connectivity index (χ2v) is 4.90. The first-order chi connectivity index (χ1) is 9.15. The Kier molecular flexibility index (Phi) is 4.58. The SMILES string of the molecule is Cc1ccccc1OCC(=O)Oc1ccc(Br)cc1. The number of hydrogen-bond acceptors (Lipinski definition) is 3. The molecule has 0 bridgehead atoms. The number of ether oxygens (including phenoxy) is 2. The van der Waals surface area contributed by atoms with Crippen LogP contribution in [-0.4, -0.2) is 12.6 Å². The molecule has 0 fully saturated rings. The van der Waals surface area contributed by atoms with Gasteiger partial charge in [0.2, 0.25) is 0 Å². The van der Waals surface area contributed by atoms with Crippen LogP contribution in [-0.2, 0) is 4.79 Å². The Hall–Kier alpha value is -1.81. The molecule has 0 radical (unpaired) electrons. The van der Waals surface area contributed by atoms with Gasteiger partial charge in [0.1, 0.15) is 11.5 Å². The highest BCUT2D eigenvalue weighted by Gasteiger charge is 2.07. The Labute approximate surface area is 120 Å². The van der Waals surface area contributed by atoms with E-state index < -0.39 is 5.97 Å². The molecule has 4 heteroatoms. The molecule has 0 unspecified atom stereocenters. The summed E-state index contributed by atoms with van der Waals surface area (Å²) in [5.74, 6) is 0.766. The first-order valence-electron chi connectivity index (χ1n) is 5.80. The van der Waals surface area contributed by atoms with Crippen LogP contribution in [0.4, 0.5) is 0 Å². The van der Waals surface area contributed by atoms with E-state index in [1.165, 1.54) is 0 Å². The lowest BCUT2D eigenvalue weighted by molar-refractivity contribution is -0.136. The van der Waals surface area contributed by atoms with Gasteiger partial charge in [0.05, 0.1) is 0 Å². The molecule has 2 aromatic rings. The Morgan fingerprint density at radius 3 is 2.47 bits per heavy atom. The van der Waals surface area contributed by atoms with Gasteiger partial charge in [-0.05, 0) is 42.8 Å². The van der Waals surface area contributed by atoms with Crippen molar-refractivity contribution >= 4 is 21.9 Å². The molecule has 19 heavy (non-hydrogen) atoms. The fourth-order valence-corrected chi connectivity index (χ4v) is 1.78. The number of halogens is 1. The van der Waals surface area contributed by atoms with Crippen molar-refractivity contribution < 1.29 is 14.3 Å². The Balaban J connectivity index is 1.88. The summed E-state index contributed by atoms with van der Waals surface area (Å²) in [4.78, 5) is 11.6. The fourth-order valence-electron chi connectivity index (χ4n) is 1.52. The van der Waals surface area contributed by atoms with Gasteiger partial charge in [-0.2, -0.15) is 0 Å². The summed E-state index contributed by atoms with van der Waals surface area (Å²) in [5.41, 5.74) is 0.985. The number of carbonyl (C=O) groups excluding carboxylic acids is 1. The lowest BCUT2D eigenvalue weighted by Crippen LogP contribution is -2.17. The minimum Gasteiger partial charge on any atom is -0.482 e. The first kappa shape index (κ1) is 13.6. The average Bonchev–Trinajstić information content (AvgIpc) is 2.40. The zero-order chi connectivity index (χ0) is 13.7. The van der Waals surface area contributed by atoms with Gasteiger partial charge in [-0.25, -0.2) is 4.79 Å². The molecule has 0 spiro atoms. The molecular formula is C15H13BrO3. The van der Waals surface area contributed by atoms with E-state index in [-0.39, 0.29) is 6.61 Å². The van der Waals surface area contributed by atoms with Gasteiger partial charge in [0, 0.05) is 4.47 Å². The topological polar surface area (TPSA) is 35.5 Å². The molecule has 0 aliphatic carbocycles. The minimum atomic E-state index is -0.425. The monoisotopic (exact) mass is 320 g/mol. The fraction of sp³-hybridized carbons (Fsp3) is 0.133. The summed E-state index contributed by atoms with van der Waals surface area (Å²) in [6.07, 6.45) is 0. The Bertz CT molecular complexity index is 564. The highest BCUT2D eigenvalue weighted by Crippen LogP contribution is 2.18. The van der Waals surface area contributed by atoms with Gasteiger partial charge in [-0.1, -0.05) is 34.1 Å². The van der Waals surface area contributed by atoms with Gasteiger partial charge >= 0.3 is 5.97 Å². The van der Waals surface area contributed by atoms with Gasteiger partial charge in [-0.3, -0.25) is 0 Å². The molecule has 3 nitrogen and oxygen atoms in total. The molecule has 98 valence electrons. The van der Waals surface area contributed by atoms with Crippen LogP contribution in [0.15, 0.2) is 53.0 Å². The molecule has 0 saturated carbocycles. The normalized spacial score (nSPS) is 10.0. The van der Waals surface area contributed by atoms with Crippen molar-refractivity contribution in [2.75, 3.05) is 6.61 Å². The number of aryl methyl sites for hydroxylation is 1. The van der Waals surface area contributed by atoms with E-state index in [4.69, 9.17) is 9.47 Å². The van der Waals surface area contributed by atoms with Crippen LogP contribution in [0.2, 0.25) is 0 Å². The maximum Gasteiger partial charge on any atom is 0.349 e. The molecule has 0 aliphatic heterocycles. The van der Waals surface area contributed by atoms with Crippen molar-refractivity contribution in [1.82, 2.24) is 0 Å². The van der Waals surface area contributed by atoms with Crippen molar-refractivity contribution in [2.45, 2.75) is 6.92 Å². The molecule has 0 amide bonds. The van der Waals surface area contributed by atoms with Gasteiger partial charge in [-0.15, -0.1) is 0 Å². The number of benzene rings is 2. The molecule has 0 atom stereocenters. The third kappa shape index (κ3) is 4.10. The van der Waals surface area contributed by atoms with Crippen LogP contribution in [0.3, 0.4) is 0 Å². The number of para-hydroxylation sites is 1. The zero-order valence-electron chi connectivity index (χ0n) is 10.4. The predicted molar refractivity (Wildman–Crippen MR) is 76.5 cm³/mol. The molecule has 0 heterocycles. The highest BCUT2D eigenvalue weighted by atomic mass is 79.9. The summed E-state index contributed by atoms with van der Waals surface area (Å²) in [6.45, 7) is 1.82. The van der Waals surface area contributed by atoms with Crippen LogP contribution in [0.1, 0.15) is 5.56 Å². The summed E-state index contributed by atoms with van der Waals surface area (Å²) in [5, 5.41) is 0. The number of hydrogen-bond donors (Lipinski definition) is 0. The van der Waals surface area contributed by atoms with Crippen LogP contribution >= 0.6 is 15.9 Å². The van der Waals surface area contributed by atoms with Crippen LogP contribution in [0.5, 0.6) is 11.5 Å². The summed E-state index contributed by atoms with van der Waals surface area (Å²) in [6, 6.07) is 14.6. The average molecular weight is 321 g/mol. The Morgan fingerprint density at radius 1 is 1.11 bits per heavy atom. The van der Waals surface area contributed by atoms with Crippen LogP contribution in [0, 0.1) is 6.92 Å². The van der Waals surface area contributed by atoms with Crippen LogP contribution in [0.25, 0.3) is 0 Å². The van der Waals surface area contributed by atoms with E-state index in [2.05, 4.69) is 15.9 Å². The lowest BCUT2D eigenvalue weighted by atomic mass is 10.2. The zero-order valence-corrected chi connectivity index (χ0v) is 12.0. The van der Waals surface area contributed by atoms with Crippen molar-refractivity contribution in [1.29, 1.82) is 0 Å². The second kappa shape index (κ2) is 6.38. The largest absolute Gasteiger partial charge is 0.482 e. The van der Waals surface area contributed by atoms with Gasteiger partial charge in [0.15, 0.2) is 6.61 Å². The highest BCUT2D eigenvalue weighted by molar-refractivity contribution is 9.10. The van der Waals surface area contributed by atoms with E-state index in [1.807, 2.05) is 43.3 Å². The Morgan fingerprint density at radius 2 is 1.79 bits per heavy atom. The van der Waals surface area contributed by atoms with E-state index in [0.717, 1.165) is 10.0 Å². The third-order valence-corrected chi connectivity index (χ3v) is 3.01. The number of carbonyl (C=O) groups is 1. The molecular weight excluding hydrogens is 308 g/mol. The van der Waals surface area contributed by atoms with Gasteiger partial charge in [0.25, 0.3) is 0 Å². The lowest BCUT2D eigenvalue weighted by Gasteiger charge is -2.08. The molecule has 2 aromatic carbocycles. The smallest absolute Gasteiger partial charge is 0.349 e. The summed E-state index contributed by atoms with van der Waals surface area (Å²) < 4.78 is 11.5. The van der Waals surface area contributed by atoms with Crippen molar-refractivity contribution in [3.8, 4) is 11.5 Å². The maximum absolute atomic E-state index is 11.6. The standard InChI is InChI=1S/C15H13BrO3/c1-11-4-2-3-5-14(11)18-10-15(17)19-13-8-6-12(16)7-9-13/h2-9H,10H2,1H3. The second-order valence-electron chi connectivity index (χ2n) is 3.98. The van der Waals surface area contributed by atoms with Gasteiger partial charge < -0.3 is 9.47 Å². The van der Waals surface area contributed by atoms with E-state index in [1.54, 1.807) is 12.1 Å². The minimum absolute atomic E-state index is 0.110. The quantitative estimate of drug-likeness (QED) is 0.636. The molecule has 0 N–H and O–H groups in total. The molecule has 0 aliphatic rings. The molecule has 2 rings (SSSR count). The first-order valence-corrected chi connectivity index (χ1v) is 6.59. The maximum atomic E-state index is 11.6. The predicted octanol–water partition coefficient (Wildman–Crippen LogP) is 3.74. The van der Waals surface area contributed by atoms with E-state index >= 15 is 0 Å². The van der Waals surface area contributed by atoms with Crippen molar-refractivity contribution in [3.05, 3.63) is 58.6 Å². The van der Waals surface area contributed by atoms with E-state index in [9.17, 15) is 4.79 Å². The third-order valence-electron chi connectivity index (χ3n) is 2.48. The molecule has 0 saturated heterocycles. The summed E-state index contributed by atoms with van der Waals surface area (Å²) in [7, 11) is 0. The van der Waals surface area contributed by atoms with Crippen LogP contribution < -0.4 is 9.47 Å².